The minimum absolute atomic E-state index is 0.0863. The van der Waals surface area contributed by atoms with E-state index in [1.807, 2.05) is 31.2 Å². The number of aromatic amines is 1. The maximum absolute atomic E-state index is 12.7. The van der Waals surface area contributed by atoms with Gasteiger partial charge in [0, 0.05) is 29.2 Å². The summed E-state index contributed by atoms with van der Waals surface area (Å²) in [6.45, 7) is 6.19. The first-order chi connectivity index (χ1) is 11.2. The number of nitrogens with zero attached hydrogens (tertiary/aromatic N) is 2. The van der Waals surface area contributed by atoms with Crippen LogP contribution in [0.2, 0.25) is 0 Å². The minimum Gasteiger partial charge on any atom is -0.360 e. The Morgan fingerprint density at radius 1 is 1.48 bits per heavy atom. The second kappa shape index (κ2) is 6.97. The Kier molecular flexibility index (Phi) is 4.78. The van der Waals surface area contributed by atoms with E-state index in [4.69, 9.17) is 0 Å². The van der Waals surface area contributed by atoms with Crippen LogP contribution in [0.25, 0.3) is 10.9 Å². The Hall–Kier alpha value is -2.12. The first kappa shape index (κ1) is 15.8. The molecule has 0 bridgehead atoms. The van der Waals surface area contributed by atoms with E-state index in [0.717, 1.165) is 25.9 Å². The molecule has 2 heterocycles. The van der Waals surface area contributed by atoms with Crippen LogP contribution in [0.1, 0.15) is 17.3 Å². The van der Waals surface area contributed by atoms with Gasteiger partial charge < -0.3 is 10.3 Å². The molecule has 0 amide bonds. The van der Waals surface area contributed by atoms with Gasteiger partial charge in [-0.1, -0.05) is 47.4 Å². The number of para-hydroxylation sites is 1. The fourth-order valence-electron chi connectivity index (χ4n) is 2.19. The quantitative estimate of drug-likeness (QED) is 0.385. The molecule has 1 atom stereocenters. The average molecular weight is 344 g/mol. The second-order valence-corrected chi connectivity index (χ2v) is 7.48. The highest BCUT2D eigenvalue weighted by Crippen LogP contribution is 2.31. The van der Waals surface area contributed by atoms with E-state index in [1.165, 1.54) is 23.1 Å². The molecule has 0 unspecified atom stereocenters. The van der Waals surface area contributed by atoms with Crippen molar-refractivity contribution in [3.05, 3.63) is 48.7 Å². The highest BCUT2D eigenvalue weighted by molar-refractivity contribution is 8.02. The number of benzene rings is 1. The van der Waals surface area contributed by atoms with Crippen LogP contribution in [0.3, 0.4) is 0 Å². The van der Waals surface area contributed by atoms with Crippen molar-refractivity contribution in [2.24, 2.45) is 0 Å². The van der Waals surface area contributed by atoms with Crippen LogP contribution in [0, 0.1) is 0 Å². The number of rotatable bonds is 7. The maximum Gasteiger partial charge on any atom is 0.206 e. The molecule has 0 fully saturated rings. The van der Waals surface area contributed by atoms with Crippen LogP contribution in [-0.2, 0) is 0 Å². The van der Waals surface area contributed by atoms with Gasteiger partial charge in [0.2, 0.25) is 5.13 Å². The molecular weight excluding hydrogens is 328 g/mol. The third-order valence-electron chi connectivity index (χ3n) is 3.31. The van der Waals surface area contributed by atoms with Gasteiger partial charge in [0.05, 0.1) is 5.25 Å². The smallest absolute Gasteiger partial charge is 0.206 e. The largest absolute Gasteiger partial charge is 0.360 e. The molecule has 23 heavy (non-hydrogen) atoms. The SMILES string of the molecule is C=CCNc1nnc(S[C@H](C)C(=O)c2c[nH]c3ccccc23)s1. The summed E-state index contributed by atoms with van der Waals surface area (Å²) in [6.07, 6.45) is 3.54. The van der Waals surface area contributed by atoms with E-state index in [9.17, 15) is 4.79 Å². The Balaban J connectivity index is 1.72. The fraction of sp³-hybridized carbons (Fsp3) is 0.188. The third-order valence-corrected chi connectivity index (χ3v) is 5.37. The molecule has 0 aliphatic heterocycles. The first-order valence-corrected chi connectivity index (χ1v) is 8.84. The van der Waals surface area contributed by atoms with Gasteiger partial charge in [0.25, 0.3) is 0 Å². The molecule has 0 saturated carbocycles. The van der Waals surface area contributed by atoms with Crippen molar-refractivity contribution in [2.75, 3.05) is 11.9 Å². The summed E-state index contributed by atoms with van der Waals surface area (Å²) in [6, 6.07) is 7.81. The molecule has 3 aromatic rings. The number of hydrogen-bond donors (Lipinski definition) is 2. The highest BCUT2D eigenvalue weighted by Gasteiger charge is 2.21. The van der Waals surface area contributed by atoms with Crippen molar-refractivity contribution >= 4 is 44.9 Å². The summed E-state index contributed by atoms with van der Waals surface area (Å²) in [7, 11) is 0. The van der Waals surface area contributed by atoms with Gasteiger partial charge in [-0.25, -0.2) is 0 Å². The first-order valence-electron chi connectivity index (χ1n) is 7.14. The monoisotopic (exact) mass is 344 g/mol. The third kappa shape index (κ3) is 3.46. The number of anilines is 1. The molecular formula is C16H16N4OS2. The summed E-state index contributed by atoms with van der Waals surface area (Å²) < 4.78 is 0.775. The van der Waals surface area contributed by atoms with E-state index < -0.39 is 0 Å². The van der Waals surface area contributed by atoms with E-state index in [-0.39, 0.29) is 11.0 Å². The lowest BCUT2D eigenvalue weighted by molar-refractivity contribution is 0.0995. The number of aromatic nitrogens is 3. The number of Topliss-reactive ketones (excluding diaryl/α,β-unsaturated/α-hetero) is 1. The van der Waals surface area contributed by atoms with Crippen molar-refractivity contribution < 1.29 is 4.79 Å². The van der Waals surface area contributed by atoms with Crippen molar-refractivity contribution in [3.63, 3.8) is 0 Å². The van der Waals surface area contributed by atoms with Gasteiger partial charge in [-0.3, -0.25) is 4.79 Å². The molecule has 0 spiro atoms. The number of H-pyrrole nitrogens is 1. The number of fused-ring (bicyclic) bond motifs is 1. The molecule has 0 aliphatic carbocycles. The standard InChI is InChI=1S/C16H16N4OS2/c1-3-8-17-15-19-20-16(23-15)22-10(2)14(21)12-9-18-13-7-5-4-6-11(12)13/h3-7,9-10,18H,1,8H2,2H3,(H,17,19)/t10-/m1/s1. The fourth-order valence-corrected chi connectivity index (χ4v) is 4.16. The number of carbonyl (C=O) groups is 1. The van der Waals surface area contributed by atoms with Gasteiger partial charge in [0.15, 0.2) is 10.1 Å². The van der Waals surface area contributed by atoms with Crippen LogP contribution < -0.4 is 5.32 Å². The molecule has 3 rings (SSSR count). The number of thioether (sulfide) groups is 1. The number of hydrogen-bond acceptors (Lipinski definition) is 6. The molecule has 7 heteroatoms. The van der Waals surface area contributed by atoms with Crippen LogP contribution in [-0.4, -0.2) is 32.8 Å². The van der Waals surface area contributed by atoms with E-state index in [2.05, 4.69) is 27.1 Å². The molecule has 118 valence electrons. The molecule has 1 aromatic carbocycles. The molecule has 2 aromatic heterocycles. The minimum atomic E-state index is -0.227. The molecule has 0 aliphatic rings. The van der Waals surface area contributed by atoms with Crippen molar-refractivity contribution in [1.82, 2.24) is 15.2 Å². The maximum atomic E-state index is 12.7. The second-order valence-electron chi connectivity index (χ2n) is 4.91. The molecule has 5 nitrogen and oxygen atoms in total. The highest BCUT2D eigenvalue weighted by atomic mass is 32.2. The lowest BCUT2D eigenvalue weighted by atomic mass is 10.1. The Morgan fingerprint density at radius 3 is 3.13 bits per heavy atom. The van der Waals surface area contributed by atoms with E-state index >= 15 is 0 Å². The van der Waals surface area contributed by atoms with Crippen LogP contribution in [0.15, 0.2) is 47.5 Å². The van der Waals surface area contributed by atoms with Crippen LogP contribution in [0.4, 0.5) is 5.13 Å². The molecule has 0 saturated heterocycles. The normalized spacial score (nSPS) is 12.2. The van der Waals surface area contributed by atoms with Crippen LogP contribution >= 0.6 is 23.1 Å². The van der Waals surface area contributed by atoms with E-state index in [0.29, 0.717) is 6.54 Å². The average Bonchev–Trinajstić information content (AvgIpc) is 3.18. The number of ketones is 1. The number of nitrogens with one attached hydrogen (secondary N) is 2. The van der Waals surface area contributed by atoms with Crippen molar-refractivity contribution in [3.8, 4) is 0 Å². The zero-order valence-electron chi connectivity index (χ0n) is 12.6. The van der Waals surface area contributed by atoms with Crippen molar-refractivity contribution in [1.29, 1.82) is 0 Å². The molecule has 2 N–H and O–H groups in total. The van der Waals surface area contributed by atoms with Crippen LogP contribution in [0.5, 0.6) is 0 Å². The Morgan fingerprint density at radius 2 is 2.30 bits per heavy atom. The van der Waals surface area contributed by atoms with Gasteiger partial charge in [-0.15, -0.1) is 16.8 Å². The van der Waals surface area contributed by atoms with E-state index in [1.54, 1.807) is 12.3 Å². The van der Waals surface area contributed by atoms with Gasteiger partial charge >= 0.3 is 0 Å². The lowest BCUT2D eigenvalue weighted by Gasteiger charge is -2.06. The summed E-state index contributed by atoms with van der Waals surface area (Å²) >= 11 is 2.87. The van der Waals surface area contributed by atoms with Gasteiger partial charge in [0.1, 0.15) is 0 Å². The topological polar surface area (TPSA) is 70.7 Å². The summed E-state index contributed by atoms with van der Waals surface area (Å²) in [5.41, 5.74) is 1.69. The molecule has 0 radical (unpaired) electrons. The Labute approximate surface area is 142 Å². The van der Waals surface area contributed by atoms with Gasteiger partial charge in [-0.05, 0) is 13.0 Å². The lowest BCUT2D eigenvalue weighted by Crippen LogP contribution is -2.12. The zero-order chi connectivity index (χ0) is 16.2. The number of carbonyl (C=O) groups excluding carboxylic acids is 1. The summed E-state index contributed by atoms with van der Waals surface area (Å²) in [5.74, 6) is 0.0863. The predicted octanol–water partition coefficient (Wildman–Crippen LogP) is 3.98. The van der Waals surface area contributed by atoms with Crippen molar-refractivity contribution in [2.45, 2.75) is 16.5 Å². The van der Waals surface area contributed by atoms with Gasteiger partial charge in [-0.2, -0.15) is 0 Å². The predicted molar refractivity (Wildman–Crippen MR) is 96.5 cm³/mol. The zero-order valence-corrected chi connectivity index (χ0v) is 14.2. The summed E-state index contributed by atoms with van der Waals surface area (Å²) in [5, 5.41) is 12.7. The summed E-state index contributed by atoms with van der Waals surface area (Å²) in [4.78, 5) is 15.8. The Bertz CT molecular complexity index is 839.